The Morgan fingerprint density at radius 2 is 1.65 bits per heavy atom. The van der Waals surface area contributed by atoms with Gasteiger partial charge in [-0.05, 0) is 25.7 Å². The topological polar surface area (TPSA) is 96.2 Å². The molecule has 6 heteroatoms. The van der Waals surface area contributed by atoms with Crippen LogP contribution in [0.4, 0.5) is 0 Å². The van der Waals surface area contributed by atoms with E-state index in [2.05, 4.69) is 0 Å². The van der Waals surface area contributed by atoms with Crippen LogP contribution in [0, 0.1) is 0 Å². The van der Waals surface area contributed by atoms with Gasteiger partial charge in [-0.1, -0.05) is 0 Å². The summed E-state index contributed by atoms with van der Waals surface area (Å²) in [6.45, 7) is 0.925. The van der Waals surface area contributed by atoms with Crippen molar-refractivity contribution < 1.29 is 29.6 Å². The van der Waals surface area contributed by atoms with E-state index in [-0.39, 0.29) is 11.3 Å². The van der Waals surface area contributed by atoms with Crippen LogP contribution in [0.5, 0.6) is 17.2 Å². The van der Waals surface area contributed by atoms with Gasteiger partial charge in [-0.25, -0.2) is 4.79 Å². The molecule has 108 valence electrons. The van der Waals surface area contributed by atoms with Crippen molar-refractivity contribution in [2.24, 2.45) is 0 Å². The third-order valence-electron chi connectivity index (χ3n) is 3.76. The normalized spacial score (nSPS) is 18.2. The molecular weight excluding hydrogens is 264 g/mol. The number of carboxylic acid groups (broad SMARTS) is 1. The largest absolute Gasteiger partial charge is 0.504 e. The number of hydrogen-bond acceptors (Lipinski definition) is 5. The van der Waals surface area contributed by atoms with Crippen molar-refractivity contribution in [2.75, 3.05) is 13.2 Å². The number of aromatic hydroxyl groups is 1. The SMILES string of the molecule is O=C(O)C(O)c1c2c(c(O)c3c1OCCC3)OCCC2. The van der Waals surface area contributed by atoms with Crippen LogP contribution < -0.4 is 9.47 Å². The smallest absolute Gasteiger partial charge is 0.337 e. The molecule has 0 aliphatic carbocycles. The predicted molar refractivity (Wildman–Crippen MR) is 68.3 cm³/mol. The highest BCUT2D eigenvalue weighted by Gasteiger charge is 2.34. The number of carbonyl (C=O) groups is 1. The molecule has 0 saturated carbocycles. The van der Waals surface area contributed by atoms with Crippen LogP contribution in [0.25, 0.3) is 0 Å². The lowest BCUT2D eigenvalue weighted by atomic mass is 9.89. The van der Waals surface area contributed by atoms with Crippen molar-refractivity contribution in [1.29, 1.82) is 0 Å². The number of aliphatic hydroxyl groups is 1. The number of aliphatic carboxylic acids is 1. The lowest BCUT2D eigenvalue weighted by Gasteiger charge is -2.29. The van der Waals surface area contributed by atoms with Crippen LogP contribution in [0.15, 0.2) is 0 Å². The number of hydrogen-bond donors (Lipinski definition) is 3. The summed E-state index contributed by atoms with van der Waals surface area (Å²) in [5.74, 6) is -0.695. The second-order valence-corrected chi connectivity index (χ2v) is 5.02. The number of aliphatic hydroxyl groups excluding tert-OH is 1. The molecule has 0 amide bonds. The standard InChI is InChI=1S/C14H16O6/c15-10-8-4-2-5-19-12(8)9(11(16)14(17)18)7-3-1-6-20-13(7)10/h11,15-16H,1-6H2,(H,17,18). The molecule has 0 bridgehead atoms. The van der Waals surface area contributed by atoms with Gasteiger partial charge in [0, 0.05) is 16.7 Å². The molecule has 0 saturated heterocycles. The van der Waals surface area contributed by atoms with E-state index in [0.29, 0.717) is 55.1 Å². The van der Waals surface area contributed by atoms with Gasteiger partial charge < -0.3 is 24.8 Å². The number of carboxylic acids is 1. The Morgan fingerprint density at radius 1 is 1.05 bits per heavy atom. The number of fused-ring (bicyclic) bond motifs is 2. The van der Waals surface area contributed by atoms with Gasteiger partial charge in [-0.3, -0.25) is 0 Å². The molecule has 2 aliphatic rings. The summed E-state index contributed by atoms with van der Waals surface area (Å²) in [4.78, 5) is 11.1. The molecule has 6 nitrogen and oxygen atoms in total. The summed E-state index contributed by atoms with van der Waals surface area (Å²) in [6, 6.07) is 0. The lowest BCUT2D eigenvalue weighted by Crippen LogP contribution is -2.21. The van der Waals surface area contributed by atoms with Crippen molar-refractivity contribution in [3.8, 4) is 17.2 Å². The molecule has 0 aromatic heterocycles. The van der Waals surface area contributed by atoms with Gasteiger partial charge >= 0.3 is 5.97 Å². The second kappa shape index (κ2) is 4.86. The van der Waals surface area contributed by atoms with E-state index in [1.54, 1.807) is 0 Å². The van der Waals surface area contributed by atoms with Gasteiger partial charge in [0.1, 0.15) is 5.75 Å². The Bertz CT molecular complexity index is 528. The number of phenolic OH excluding ortho intramolecular Hbond substituents is 1. The van der Waals surface area contributed by atoms with Crippen molar-refractivity contribution >= 4 is 5.97 Å². The number of rotatable bonds is 2. The summed E-state index contributed by atoms with van der Waals surface area (Å²) in [5, 5.41) is 29.4. The first-order chi connectivity index (χ1) is 9.61. The first-order valence-corrected chi connectivity index (χ1v) is 6.68. The fourth-order valence-electron chi connectivity index (χ4n) is 2.87. The van der Waals surface area contributed by atoms with Crippen LogP contribution in [0.3, 0.4) is 0 Å². The summed E-state index contributed by atoms with van der Waals surface area (Å²) in [7, 11) is 0. The van der Waals surface area contributed by atoms with E-state index in [1.165, 1.54) is 0 Å². The van der Waals surface area contributed by atoms with E-state index in [9.17, 15) is 15.0 Å². The Balaban J connectivity index is 2.27. The third kappa shape index (κ3) is 1.87. The molecular formula is C14H16O6. The highest BCUT2D eigenvalue weighted by atomic mass is 16.5. The average molecular weight is 280 g/mol. The summed E-state index contributed by atoms with van der Waals surface area (Å²) in [5.41, 5.74) is 1.32. The maximum Gasteiger partial charge on any atom is 0.337 e. The first kappa shape index (κ1) is 13.1. The van der Waals surface area contributed by atoms with E-state index >= 15 is 0 Å². The zero-order valence-corrected chi connectivity index (χ0v) is 10.9. The summed E-state index contributed by atoms with van der Waals surface area (Å²) in [6.07, 6.45) is 0.918. The van der Waals surface area contributed by atoms with E-state index in [0.717, 1.165) is 6.42 Å². The molecule has 20 heavy (non-hydrogen) atoms. The Morgan fingerprint density at radius 3 is 2.30 bits per heavy atom. The van der Waals surface area contributed by atoms with Gasteiger partial charge in [0.2, 0.25) is 0 Å². The summed E-state index contributed by atoms with van der Waals surface area (Å²) < 4.78 is 11.0. The van der Waals surface area contributed by atoms with Crippen LogP contribution >= 0.6 is 0 Å². The number of benzene rings is 1. The molecule has 3 rings (SSSR count). The molecule has 1 aromatic rings. The van der Waals surface area contributed by atoms with E-state index in [4.69, 9.17) is 14.6 Å². The fourth-order valence-corrected chi connectivity index (χ4v) is 2.87. The zero-order valence-electron chi connectivity index (χ0n) is 10.9. The highest BCUT2D eigenvalue weighted by molar-refractivity contribution is 5.78. The van der Waals surface area contributed by atoms with Crippen molar-refractivity contribution in [3.05, 3.63) is 16.7 Å². The molecule has 2 aliphatic heterocycles. The van der Waals surface area contributed by atoms with Gasteiger partial charge in [-0.2, -0.15) is 0 Å². The van der Waals surface area contributed by atoms with Crippen molar-refractivity contribution in [3.63, 3.8) is 0 Å². The maximum atomic E-state index is 11.1. The predicted octanol–water partition coefficient (Wildman–Crippen LogP) is 1.16. The lowest BCUT2D eigenvalue weighted by molar-refractivity contribution is -0.147. The van der Waals surface area contributed by atoms with Crippen molar-refractivity contribution in [1.82, 2.24) is 0 Å². The number of phenols is 1. The molecule has 1 atom stereocenters. The second-order valence-electron chi connectivity index (χ2n) is 5.02. The number of ether oxygens (including phenoxy) is 2. The van der Waals surface area contributed by atoms with Gasteiger partial charge in [0.05, 0.1) is 13.2 Å². The van der Waals surface area contributed by atoms with Crippen LogP contribution in [0.2, 0.25) is 0 Å². The molecule has 0 fully saturated rings. The van der Waals surface area contributed by atoms with Crippen LogP contribution in [0.1, 0.15) is 35.6 Å². The average Bonchev–Trinajstić information content (AvgIpc) is 2.47. The Kier molecular flexibility index (Phi) is 3.17. The van der Waals surface area contributed by atoms with E-state index in [1.807, 2.05) is 0 Å². The quantitative estimate of drug-likeness (QED) is 0.752. The maximum absolute atomic E-state index is 11.1. The first-order valence-electron chi connectivity index (χ1n) is 6.68. The third-order valence-corrected chi connectivity index (χ3v) is 3.76. The summed E-state index contributed by atoms with van der Waals surface area (Å²) >= 11 is 0. The van der Waals surface area contributed by atoms with Gasteiger partial charge in [-0.15, -0.1) is 0 Å². The fraction of sp³-hybridized carbons (Fsp3) is 0.500. The van der Waals surface area contributed by atoms with Crippen LogP contribution in [-0.2, 0) is 17.6 Å². The molecule has 0 radical (unpaired) electrons. The zero-order chi connectivity index (χ0) is 14.3. The minimum absolute atomic E-state index is 0.0238. The molecule has 1 aromatic carbocycles. The molecule has 2 heterocycles. The Hall–Kier alpha value is -1.95. The highest BCUT2D eigenvalue weighted by Crippen LogP contribution is 2.49. The monoisotopic (exact) mass is 280 g/mol. The minimum atomic E-state index is -1.67. The van der Waals surface area contributed by atoms with E-state index < -0.39 is 12.1 Å². The minimum Gasteiger partial charge on any atom is -0.504 e. The van der Waals surface area contributed by atoms with Crippen LogP contribution in [-0.4, -0.2) is 34.5 Å². The Labute approximate surface area is 115 Å². The van der Waals surface area contributed by atoms with Crippen molar-refractivity contribution in [2.45, 2.75) is 31.8 Å². The van der Waals surface area contributed by atoms with Gasteiger partial charge in [0.25, 0.3) is 0 Å². The molecule has 1 unspecified atom stereocenters. The molecule has 3 N–H and O–H groups in total. The van der Waals surface area contributed by atoms with Gasteiger partial charge in [0.15, 0.2) is 17.6 Å². The molecule has 0 spiro atoms.